The quantitative estimate of drug-likeness (QED) is 0.809. The van der Waals surface area contributed by atoms with Crippen LogP contribution in [0.4, 0.5) is 0 Å². The van der Waals surface area contributed by atoms with Crippen LogP contribution in [0.25, 0.3) is 0 Å². The van der Waals surface area contributed by atoms with Crippen molar-refractivity contribution in [2.75, 3.05) is 26.7 Å². The summed E-state index contributed by atoms with van der Waals surface area (Å²) in [4.78, 5) is 16.7. The molecule has 2 heterocycles. The molecule has 134 valence electrons. The summed E-state index contributed by atoms with van der Waals surface area (Å²) in [7, 11) is 1.82. The number of ether oxygens (including phenoxy) is 1. The van der Waals surface area contributed by atoms with E-state index in [2.05, 4.69) is 29.2 Å². The lowest BCUT2D eigenvalue weighted by atomic mass is 10.1. The first kappa shape index (κ1) is 17.7. The van der Waals surface area contributed by atoms with Crippen molar-refractivity contribution in [1.29, 1.82) is 0 Å². The third kappa shape index (κ3) is 4.71. The molecule has 5 nitrogen and oxygen atoms in total. The van der Waals surface area contributed by atoms with E-state index >= 15 is 0 Å². The highest BCUT2D eigenvalue weighted by molar-refractivity contribution is 5.76. The number of hydrogen-bond acceptors (Lipinski definition) is 4. The van der Waals surface area contributed by atoms with Gasteiger partial charge >= 0.3 is 0 Å². The summed E-state index contributed by atoms with van der Waals surface area (Å²) in [5.74, 6) is 0.876. The lowest BCUT2D eigenvalue weighted by Gasteiger charge is -2.34. The van der Waals surface area contributed by atoms with Crippen molar-refractivity contribution >= 4 is 5.91 Å². The summed E-state index contributed by atoms with van der Waals surface area (Å²) in [6.45, 7) is 5.22. The minimum atomic E-state index is -0.0773. The van der Waals surface area contributed by atoms with E-state index in [9.17, 15) is 4.79 Å². The highest BCUT2D eigenvalue weighted by atomic mass is 16.5. The van der Waals surface area contributed by atoms with E-state index in [0.717, 1.165) is 25.4 Å². The summed E-state index contributed by atoms with van der Waals surface area (Å²) < 4.78 is 11.2. The molecule has 5 heteroatoms. The molecular formula is C20H26N2O3. The third-order valence-corrected chi connectivity index (χ3v) is 4.80. The number of rotatable bonds is 6. The van der Waals surface area contributed by atoms with Gasteiger partial charge in [0, 0.05) is 26.7 Å². The molecule has 1 fully saturated rings. The molecule has 2 aromatic rings. The van der Waals surface area contributed by atoms with E-state index in [1.807, 2.05) is 32.2 Å². The Labute approximate surface area is 149 Å². The maximum Gasteiger partial charge on any atom is 0.225 e. The van der Waals surface area contributed by atoms with E-state index in [4.69, 9.17) is 9.15 Å². The van der Waals surface area contributed by atoms with Crippen LogP contribution in [0.15, 0.2) is 53.1 Å². The van der Waals surface area contributed by atoms with Crippen LogP contribution in [0.2, 0.25) is 0 Å². The van der Waals surface area contributed by atoms with E-state index in [-0.39, 0.29) is 18.1 Å². The lowest BCUT2D eigenvalue weighted by Crippen LogP contribution is -2.44. The number of carbonyl (C=O) groups is 1. The van der Waals surface area contributed by atoms with Gasteiger partial charge in [0.05, 0.1) is 31.4 Å². The first-order valence-electron chi connectivity index (χ1n) is 8.80. The normalized spacial score (nSPS) is 19.5. The van der Waals surface area contributed by atoms with Crippen molar-refractivity contribution in [2.24, 2.45) is 0 Å². The molecule has 0 radical (unpaired) electrons. The zero-order chi connectivity index (χ0) is 17.6. The number of hydrogen-bond donors (Lipinski definition) is 0. The largest absolute Gasteiger partial charge is 0.467 e. The molecule has 25 heavy (non-hydrogen) atoms. The number of benzene rings is 1. The monoisotopic (exact) mass is 342 g/mol. The number of carbonyl (C=O) groups excluding carboxylic acids is 1. The molecule has 0 aliphatic carbocycles. The Morgan fingerprint density at radius 1 is 1.28 bits per heavy atom. The van der Waals surface area contributed by atoms with Crippen LogP contribution < -0.4 is 0 Å². The fraction of sp³-hybridized carbons (Fsp3) is 0.450. The molecule has 1 amide bonds. The molecule has 0 bridgehead atoms. The van der Waals surface area contributed by atoms with E-state index in [0.29, 0.717) is 13.0 Å². The Bertz CT molecular complexity index is 657. The predicted molar refractivity (Wildman–Crippen MR) is 96.0 cm³/mol. The van der Waals surface area contributed by atoms with Crippen molar-refractivity contribution in [3.63, 3.8) is 0 Å². The molecule has 2 atom stereocenters. The molecule has 3 rings (SSSR count). The second kappa shape index (κ2) is 8.32. The fourth-order valence-electron chi connectivity index (χ4n) is 3.16. The third-order valence-electron chi connectivity index (χ3n) is 4.80. The van der Waals surface area contributed by atoms with Crippen LogP contribution in [-0.2, 0) is 16.1 Å². The number of amides is 1. The Balaban J connectivity index is 1.52. The highest BCUT2D eigenvalue weighted by Gasteiger charge is 2.26. The van der Waals surface area contributed by atoms with Gasteiger partial charge < -0.3 is 14.1 Å². The second-order valence-corrected chi connectivity index (χ2v) is 6.61. The van der Waals surface area contributed by atoms with Gasteiger partial charge in [-0.05, 0) is 24.6 Å². The van der Waals surface area contributed by atoms with Gasteiger partial charge in [-0.2, -0.15) is 0 Å². The van der Waals surface area contributed by atoms with Crippen LogP contribution in [-0.4, -0.2) is 48.6 Å². The van der Waals surface area contributed by atoms with Gasteiger partial charge in [-0.25, -0.2) is 0 Å². The number of nitrogens with zero attached hydrogens (tertiary/aromatic N) is 2. The number of morpholine rings is 1. The van der Waals surface area contributed by atoms with Crippen molar-refractivity contribution in [3.05, 3.63) is 60.1 Å². The van der Waals surface area contributed by atoms with Crippen molar-refractivity contribution < 1.29 is 13.9 Å². The molecule has 0 spiro atoms. The Morgan fingerprint density at radius 2 is 2.08 bits per heavy atom. The van der Waals surface area contributed by atoms with Gasteiger partial charge in [0.25, 0.3) is 0 Å². The van der Waals surface area contributed by atoms with Gasteiger partial charge in [-0.3, -0.25) is 9.69 Å². The molecule has 1 aromatic carbocycles. The average Bonchev–Trinajstić information content (AvgIpc) is 3.16. The molecule has 0 unspecified atom stereocenters. The van der Waals surface area contributed by atoms with Crippen molar-refractivity contribution in [1.82, 2.24) is 9.80 Å². The second-order valence-electron chi connectivity index (χ2n) is 6.61. The van der Waals surface area contributed by atoms with Gasteiger partial charge in [-0.1, -0.05) is 30.3 Å². The zero-order valence-electron chi connectivity index (χ0n) is 14.9. The first-order chi connectivity index (χ1) is 12.1. The molecule has 1 saturated heterocycles. The summed E-state index contributed by atoms with van der Waals surface area (Å²) in [6.07, 6.45) is 1.97. The van der Waals surface area contributed by atoms with Gasteiger partial charge in [0.1, 0.15) is 5.76 Å². The summed E-state index contributed by atoms with van der Waals surface area (Å²) in [6, 6.07) is 14.1. The van der Waals surface area contributed by atoms with Crippen LogP contribution in [0.3, 0.4) is 0 Å². The van der Waals surface area contributed by atoms with Crippen LogP contribution in [0.5, 0.6) is 0 Å². The van der Waals surface area contributed by atoms with Gasteiger partial charge in [-0.15, -0.1) is 0 Å². The maximum atomic E-state index is 12.6. The molecule has 0 N–H and O–H groups in total. The Morgan fingerprint density at radius 3 is 2.80 bits per heavy atom. The van der Waals surface area contributed by atoms with E-state index in [1.165, 1.54) is 5.56 Å². The van der Waals surface area contributed by atoms with Gasteiger partial charge in [0.15, 0.2) is 0 Å². The van der Waals surface area contributed by atoms with Crippen LogP contribution in [0, 0.1) is 0 Å². The Kier molecular flexibility index (Phi) is 5.89. The Hall–Kier alpha value is -2.11. The molecule has 1 aliphatic heterocycles. The number of furan rings is 1. The van der Waals surface area contributed by atoms with Crippen molar-refractivity contribution in [3.8, 4) is 0 Å². The summed E-state index contributed by atoms with van der Waals surface area (Å²) in [5.41, 5.74) is 1.29. The van der Waals surface area contributed by atoms with Crippen LogP contribution in [0.1, 0.15) is 30.7 Å². The highest BCUT2D eigenvalue weighted by Crippen LogP contribution is 2.21. The topological polar surface area (TPSA) is 45.9 Å². The minimum Gasteiger partial charge on any atom is -0.467 e. The fourth-order valence-corrected chi connectivity index (χ4v) is 3.16. The summed E-state index contributed by atoms with van der Waals surface area (Å²) >= 11 is 0. The van der Waals surface area contributed by atoms with Crippen LogP contribution >= 0.6 is 0 Å². The molecule has 1 aliphatic rings. The van der Waals surface area contributed by atoms with E-state index < -0.39 is 0 Å². The van der Waals surface area contributed by atoms with Crippen molar-refractivity contribution in [2.45, 2.75) is 32.0 Å². The minimum absolute atomic E-state index is 0.0591. The summed E-state index contributed by atoms with van der Waals surface area (Å²) in [5, 5.41) is 0. The first-order valence-corrected chi connectivity index (χ1v) is 8.80. The van der Waals surface area contributed by atoms with E-state index in [1.54, 1.807) is 11.2 Å². The predicted octanol–water partition coefficient (Wildman–Crippen LogP) is 3.09. The van der Waals surface area contributed by atoms with Gasteiger partial charge in [0.2, 0.25) is 5.91 Å². The molecule has 1 aromatic heterocycles. The SMILES string of the molecule is C[C@@H](c1ccco1)N(C)C(=O)C[C@H]1CN(Cc2ccccc2)CCO1. The average molecular weight is 342 g/mol. The lowest BCUT2D eigenvalue weighted by molar-refractivity contribution is -0.137. The standard InChI is InChI=1S/C20H26N2O3/c1-16(19-9-6-11-25-19)21(2)20(23)13-18-15-22(10-12-24-18)14-17-7-4-3-5-8-17/h3-9,11,16,18H,10,12-15H2,1-2H3/t16-,18-/m0/s1. The smallest absolute Gasteiger partial charge is 0.225 e. The molecule has 0 saturated carbocycles. The zero-order valence-corrected chi connectivity index (χ0v) is 14.9. The maximum absolute atomic E-state index is 12.6. The molecular weight excluding hydrogens is 316 g/mol.